The number of pyridine rings is 1. The van der Waals surface area contributed by atoms with Crippen LogP contribution < -0.4 is 9.47 Å². The number of carboxylic acid groups (broad SMARTS) is 1. The SMILES string of the molecule is COc1cc(CC(=O)O)c(OC(F)(F)F)c(I)n1. The number of alkyl halides is 3. The molecule has 0 aliphatic carbocycles. The Hall–Kier alpha value is -1.26. The van der Waals surface area contributed by atoms with E-state index >= 15 is 0 Å². The first kappa shape index (κ1) is 14.8. The molecule has 0 unspecified atom stereocenters. The molecule has 0 aliphatic rings. The fourth-order valence-corrected chi connectivity index (χ4v) is 1.84. The van der Waals surface area contributed by atoms with Gasteiger partial charge in [-0.25, -0.2) is 4.98 Å². The van der Waals surface area contributed by atoms with Gasteiger partial charge in [-0.3, -0.25) is 4.79 Å². The highest BCUT2D eigenvalue weighted by molar-refractivity contribution is 14.1. The van der Waals surface area contributed by atoms with E-state index in [0.717, 1.165) is 6.07 Å². The largest absolute Gasteiger partial charge is 0.573 e. The maximum atomic E-state index is 12.2. The van der Waals surface area contributed by atoms with Crippen molar-refractivity contribution < 1.29 is 32.5 Å². The molecule has 1 aromatic rings. The average molecular weight is 377 g/mol. The number of carboxylic acids is 1. The van der Waals surface area contributed by atoms with Gasteiger partial charge in [0.1, 0.15) is 3.70 Å². The zero-order chi connectivity index (χ0) is 13.9. The fraction of sp³-hybridized carbons (Fsp3) is 0.333. The number of hydrogen-bond donors (Lipinski definition) is 1. The molecule has 0 atom stereocenters. The van der Waals surface area contributed by atoms with E-state index < -0.39 is 24.5 Å². The average Bonchev–Trinajstić information content (AvgIpc) is 2.20. The van der Waals surface area contributed by atoms with Crippen molar-refractivity contribution >= 4 is 28.6 Å². The molecule has 0 saturated heterocycles. The lowest BCUT2D eigenvalue weighted by Crippen LogP contribution is -2.20. The Balaban J connectivity index is 3.24. The molecule has 0 fully saturated rings. The third kappa shape index (κ3) is 4.20. The summed E-state index contributed by atoms with van der Waals surface area (Å²) in [5, 5.41) is 8.64. The molecule has 0 saturated carbocycles. The second kappa shape index (κ2) is 5.59. The van der Waals surface area contributed by atoms with Crippen LogP contribution in [0.5, 0.6) is 11.6 Å². The second-order valence-electron chi connectivity index (χ2n) is 3.06. The van der Waals surface area contributed by atoms with Crippen molar-refractivity contribution in [3.05, 3.63) is 15.3 Å². The van der Waals surface area contributed by atoms with Gasteiger partial charge in [0, 0.05) is 11.6 Å². The Morgan fingerprint density at radius 2 is 2.17 bits per heavy atom. The quantitative estimate of drug-likeness (QED) is 0.644. The summed E-state index contributed by atoms with van der Waals surface area (Å²) in [5.41, 5.74) is -0.156. The molecule has 0 spiro atoms. The lowest BCUT2D eigenvalue weighted by atomic mass is 10.2. The van der Waals surface area contributed by atoms with E-state index in [1.165, 1.54) is 29.7 Å². The molecule has 0 bridgehead atoms. The van der Waals surface area contributed by atoms with Gasteiger partial charge < -0.3 is 14.6 Å². The minimum absolute atomic E-state index is 0.0187. The summed E-state index contributed by atoms with van der Waals surface area (Å²) < 4.78 is 45.0. The molecule has 1 rings (SSSR count). The van der Waals surface area contributed by atoms with Crippen LogP contribution in [0.4, 0.5) is 13.2 Å². The highest BCUT2D eigenvalue weighted by atomic mass is 127. The van der Waals surface area contributed by atoms with Gasteiger partial charge in [-0.2, -0.15) is 0 Å². The maximum Gasteiger partial charge on any atom is 0.573 e. The highest BCUT2D eigenvalue weighted by Crippen LogP contribution is 2.32. The zero-order valence-electron chi connectivity index (χ0n) is 8.92. The maximum absolute atomic E-state index is 12.2. The topological polar surface area (TPSA) is 68.7 Å². The Bertz CT molecular complexity index is 464. The van der Waals surface area contributed by atoms with Crippen LogP contribution in [0, 0.1) is 3.70 Å². The van der Waals surface area contributed by atoms with E-state index in [4.69, 9.17) is 9.84 Å². The first-order valence-corrected chi connectivity index (χ1v) is 5.51. The van der Waals surface area contributed by atoms with Gasteiger partial charge in [-0.1, -0.05) is 0 Å². The first-order chi connectivity index (χ1) is 8.23. The number of aliphatic carboxylic acids is 1. The van der Waals surface area contributed by atoms with E-state index in [1.54, 1.807) is 0 Å². The molecular formula is C9H7F3INO4. The van der Waals surface area contributed by atoms with Crippen molar-refractivity contribution in [1.29, 1.82) is 0 Å². The Labute approximate surface area is 113 Å². The van der Waals surface area contributed by atoms with Gasteiger partial charge in [0.15, 0.2) is 5.75 Å². The molecule has 18 heavy (non-hydrogen) atoms. The summed E-state index contributed by atoms with van der Waals surface area (Å²) in [6.07, 6.45) is -5.54. The van der Waals surface area contributed by atoms with Crippen LogP contribution in [0.15, 0.2) is 6.07 Å². The molecule has 1 aromatic heterocycles. The van der Waals surface area contributed by atoms with Gasteiger partial charge in [-0.15, -0.1) is 13.2 Å². The van der Waals surface area contributed by atoms with Crippen LogP contribution in [0.1, 0.15) is 5.56 Å². The van der Waals surface area contributed by atoms with Crippen LogP contribution >= 0.6 is 22.6 Å². The van der Waals surface area contributed by atoms with Crippen molar-refractivity contribution in [3.63, 3.8) is 0 Å². The van der Waals surface area contributed by atoms with Crippen LogP contribution in [0.2, 0.25) is 0 Å². The number of rotatable bonds is 4. The van der Waals surface area contributed by atoms with E-state index in [1.807, 2.05) is 0 Å². The van der Waals surface area contributed by atoms with E-state index in [0.29, 0.717) is 0 Å². The molecule has 0 aromatic carbocycles. The lowest BCUT2D eigenvalue weighted by Gasteiger charge is -2.14. The monoisotopic (exact) mass is 377 g/mol. The summed E-state index contributed by atoms with van der Waals surface area (Å²) in [4.78, 5) is 14.3. The van der Waals surface area contributed by atoms with Crippen LogP contribution in [0.3, 0.4) is 0 Å². The number of ether oxygens (including phenoxy) is 2. The summed E-state index contributed by atoms with van der Waals surface area (Å²) >= 11 is 1.51. The smallest absolute Gasteiger partial charge is 0.481 e. The number of halogens is 4. The minimum Gasteiger partial charge on any atom is -0.481 e. The molecule has 100 valence electrons. The van der Waals surface area contributed by atoms with E-state index in [-0.39, 0.29) is 15.1 Å². The van der Waals surface area contributed by atoms with Crippen molar-refractivity contribution in [3.8, 4) is 11.6 Å². The van der Waals surface area contributed by atoms with Crippen molar-refractivity contribution in [2.45, 2.75) is 12.8 Å². The summed E-state index contributed by atoms with van der Waals surface area (Å²) in [5.74, 6) is -1.89. The molecule has 1 N–H and O–H groups in total. The molecule has 0 aliphatic heterocycles. The molecule has 0 radical (unpaired) electrons. The van der Waals surface area contributed by atoms with Crippen LogP contribution in [0.25, 0.3) is 0 Å². The standard InChI is InChI=1S/C9H7F3INO4/c1-17-5-2-4(3-6(15)16)7(8(13)14-5)18-9(10,11)12/h2H,3H2,1H3,(H,15,16). The van der Waals surface area contributed by atoms with Crippen molar-refractivity contribution in [2.24, 2.45) is 0 Å². The Morgan fingerprint density at radius 1 is 1.56 bits per heavy atom. The number of carbonyl (C=O) groups is 1. The predicted molar refractivity (Wildman–Crippen MR) is 61.5 cm³/mol. The number of hydrogen-bond acceptors (Lipinski definition) is 4. The number of nitrogens with zero attached hydrogens (tertiary/aromatic N) is 1. The molecule has 1 heterocycles. The summed E-state index contributed by atoms with van der Waals surface area (Å²) in [6.45, 7) is 0. The second-order valence-corrected chi connectivity index (χ2v) is 4.08. The first-order valence-electron chi connectivity index (χ1n) is 4.44. The van der Waals surface area contributed by atoms with Crippen LogP contribution in [-0.4, -0.2) is 29.5 Å². The predicted octanol–water partition coefficient (Wildman–Crippen LogP) is 2.22. The highest BCUT2D eigenvalue weighted by Gasteiger charge is 2.34. The van der Waals surface area contributed by atoms with Crippen molar-refractivity contribution in [1.82, 2.24) is 4.98 Å². The van der Waals surface area contributed by atoms with Gasteiger partial charge in [0.2, 0.25) is 5.88 Å². The van der Waals surface area contributed by atoms with Gasteiger partial charge >= 0.3 is 12.3 Å². The number of aromatic nitrogens is 1. The third-order valence-corrected chi connectivity index (χ3v) is 2.48. The molecular weight excluding hydrogens is 370 g/mol. The fourth-order valence-electron chi connectivity index (χ4n) is 1.15. The summed E-state index contributed by atoms with van der Waals surface area (Å²) in [6, 6.07) is 1.09. The molecule has 5 nitrogen and oxygen atoms in total. The van der Waals surface area contributed by atoms with E-state index in [2.05, 4.69) is 9.72 Å². The molecule has 9 heteroatoms. The number of methoxy groups -OCH3 is 1. The van der Waals surface area contributed by atoms with E-state index in [9.17, 15) is 18.0 Å². The normalized spacial score (nSPS) is 11.2. The van der Waals surface area contributed by atoms with Crippen molar-refractivity contribution in [2.75, 3.05) is 7.11 Å². The zero-order valence-corrected chi connectivity index (χ0v) is 11.1. The molecule has 0 amide bonds. The Kier molecular flexibility index (Phi) is 4.59. The third-order valence-electron chi connectivity index (χ3n) is 1.75. The van der Waals surface area contributed by atoms with Gasteiger partial charge in [0.05, 0.1) is 13.5 Å². The lowest BCUT2D eigenvalue weighted by molar-refractivity contribution is -0.275. The van der Waals surface area contributed by atoms with Gasteiger partial charge in [-0.05, 0) is 22.6 Å². The van der Waals surface area contributed by atoms with Crippen LogP contribution in [-0.2, 0) is 11.2 Å². The van der Waals surface area contributed by atoms with Gasteiger partial charge in [0.25, 0.3) is 0 Å². The minimum atomic E-state index is -4.91. The summed E-state index contributed by atoms with van der Waals surface area (Å²) in [7, 11) is 1.27. The Morgan fingerprint density at radius 3 is 2.61 bits per heavy atom.